The van der Waals surface area contributed by atoms with Crippen molar-refractivity contribution in [3.8, 4) is 5.75 Å². The van der Waals surface area contributed by atoms with Crippen molar-refractivity contribution < 1.29 is 14.3 Å². The van der Waals surface area contributed by atoms with Crippen LogP contribution < -0.4 is 10.1 Å². The molecule has 4 heterocycles. The van der Waals surface area contributed by atoms with Crippen LogP contribution in [0, 0.1) is 0 Å². The van der Waals surface area contributed by atoms with Gasteiger partial charge >= 0.3 is 0 Å². The first-order chi connectivity index (χ1) is 15.6. The maximum Gasteiger partial charge on any atom is 0.259 e. The Kier molecular flexibility index (Phi) is 5.06. The molecule has 0 fully saturated rings. The zero-order valence-corrected chi connectivity index (χ0v) is 17.6. The number of rotatable bonds is 4. The number of methoxy groups -OCH3 is 1. The standard InChI is InChI=1S/C23H22N6O3/c1-32-17-8-6-16(7-9-17)26-22(30)18-13-24-29-12-4-10-27(15-21(18)29)23(31)19-14-25-28-11-3-2-5-20(19)28/h2-3,5-9,11,13-14H,4,10,12,15H2,1H3,(H,26,30). The van der Waals surface area contributed by atoms with Gasteiger partial charge in [-0.05, 0) is 42.8 Å². The molecule has 1 aliphatic rings. The molecular weight excluding hydrogens is 408 g/mol. The molecule has 9 nitrogen and oxygen atoms in total. The average molecular weight is 430 g/mol. The Morgan fingerprint density at radius 3 is 2.62 bits per heavy atom. The molecule has 0 saturated heterocycles. The number of nitrogens with zero attached hydrogens (tertiary/aromatic N) is 5. The normalized spacial score (nSPS) is 13.5. The highest BCUT2D eigenvalue weighted by molar-refractivity contribution is 6.05. The summed E-state index contributed by atoms with van der Waals surface area (Å²) in [7, 11) is 1.59. The molecule has 0 aliphatic carbocycles. The van der Waals surface area contributed by atoms with Crippen LogP contribution in [0.3, 0.4) is 0 Å². The lowest BCUT2D eigenvalue weighted by Gasteiger charge is -2.20. The van der Waals surface area contributed by atoms with Crippen LogP contribution in [0.1, 0.15) is 32.8 Å². The van der Waals surface area contributed by atoms with E-state index in [1.807, 2.05) is 29.1 Å². The minimum atomic E-state index is -0.262. The number of amides is 2. The van der Waals surface area contributed by atoms with Crippen LogP contribution in [0.2, 0.25) is 0 Å². The van der Waals surface area contributed by atoms with Crippen molar-refractivity contribution in [1.82, 2.24) is 24.3 Å². The van der Waals surface area contributed by atoms with E-state index in [1.54, 1.807) is 53.2 Å². The van der Waals surface area contributed by atoms with Gasteiger partial charge in [0.05, 0.1) is 48.4 Å². The summed E-state index contributed by atoms with van der Waals surface area (Å²) < 4.78 is 8.65. The van der Waals surface area contributed by atoms with Gasteiger partial charge in [-0.15, -0.1) is 0 Å². The molecule has 32 heavy (non-hydrogen) atoms. The van der Waals surface area contributed by atoms with Crippen LogP contribution in [0.4, 0.5) is 5.69 Å². The number of aromatic nitrogens is 4. The van der Waals surface area contributed by atoms with E-state index in [9.17, 15) is 9.59 Å². The molecule has 3 aromatic heterocycles. The molecule has 1 N–H and O–H groups in total. The van der Waals surface area contributed by atoms with Gasteiger partial charge in [0, 0.05) is 25.0 Å². The fourth-order valence-corrected chi connectivity index (χ4v) is 3.95. The summed E-state index contributed by atoms with van der Waals surface area (Å²) in [6.07, 6.45) is 5.72. The first kappa shape index (κ1) is 19.8. The molecular formula is C23H22N6O3. The quantitative estimate of drug-likeness (QED) is 0.537. The lowest BCUT2D eigenvalue weighted by molar-refractivity contribution is 0.0746. The van der Waals surface area contributed by atoms with E-state index in [4.69, 9.17) is 4.74 Å². The van der Waals surface area contributed by atoms with E-state index in [2.05, 4.69) is 15.5 Å². The predicted molar refractivity (Wildman–Crippen MR) is 118 cm³/mol. The summed E-state index contributed by atoms with van der Waals surface area (Å²) >= 11 is 0. The zero-order valence-electron chi connectivity index (χ0n) is 17.6. The van der Waals surface area contributed by atoms with Crippen LogP contribution in [-0.4, -0.2) is 49.8 Å². The lowest BCUT2D eigenvalue weighted by Crippen LogP contribution is -2.31. The van der Waals surface area contributed by atoms with Gasteiger partial charge in [-0.3, -0.25) is 14.3 Å². The number of aryl methyl sites for hydroxylation is 1. The summed E-state index contributed by atoms with van der Waals surface area (Å²) in [6.45, 7) is 1.52. The molecule has 0 spiro atoms. The number of nitrogens with one attached hydrogen (secondary N) is 1. The van der Waals surface area contributed by atoms with E-state index < -0.39 is 0 Å². The SMILES string of the molecule is COc1ccc(NC(=O)c2cnn3c2CN(C(=O)c2cnn4ccccc24)CCC3)cc1. The Morgan fingerprint density at radius 2 is 1.81 bits per heavy atom. The molecule has 1 aliphatic heterocycles. The smallest absolute Gasteiger partial charge is 0.259 e. The summed E-state index contributed by atoms with van der Waals surface area (Å²) in [4.78, 5) is 28.1. The highest BCUT2D eigenvalue weighted by atomic mass is 16.5. The summed E-state index contributed by atoms with van der Waals surface area (Å²) in [5.74, 6) is 0.341. The number of fused-ring (bicyclic) bond motifs is 2. The van der Waals surface area contributed by atoms with Crippen molar-refractivity contribution in [2.24, 2.45) is 0 Å². The largest absolute Gasteiger partial charge is 0.497 e. The number of hydrogen-bond donors (Lipinski definition) is 1. The third-order valence-electron chi connectivity index (χ3n) is 5.62. The summed E-state index contributed by atoms with van der Waals surface area (Å²) in [5, 5.41) is 11.6. The van der Waals surface area contributed by atoms with Gasteiger partial charge < -0.3 is 15.0 Å². The van der Waals surface area contributed by atoms with E-state index in [0.29, 0.717) is 42.2 Å². The molecule has 9 heteroatoms. The van der Waals surface area contributed by atoms with Gasteiger partial charge in [-0.1, -0.05) is 6.07 Å². The summed E-state index contributed by atoms with van der Waals surface area (Å²) in [5.41, 5.74) is 3.14. The van der Waals surface area contributed by atoms with Crippen molar-refractivity contribution in [3.63, 3.8) is 0 Å². The molecule has 0 atom stereocenters. The third kappa shape index (κ3) is 3.58. The van der Waals surface area contributed by atoms with Gasteiger partial charge in [0.2, 0.25) is 0 Å². The Bertz CT molecular complexity index is 1290. The van der Waals surface area contributed by atoms with Crippen LogP contribution >= 0.6 is 0 Å². The minimum Gasteiger partial charge on any atom is -0.497 e. The number of hydrogen-bond acceptors (Lipinski definition) is 5. The van der Waals surface area contributed by atoms with E-state index >= 15 is 0 Å². The minimum absolute atomic E-state index is 0.109. The lowest BCUT2D eigenvalue weighted by atomic mass is 10.2. The molecule has 0 bridgehead atoms. The van der Waals surface area contributed by atoms with Crippen molar-refractivity contribution >= 4 is 23.0 Å². The second kappa shape index (κ2) is 8.18. The van der Waals surface area contributed by atoms with E-state index in [0.717, 1.165) is 17.6 Å². The van der Waals surface area contributed by atoms with Gasteiger partial charge in [0.1, 0.15) is 5.75 Å². The number of benzene rings is 1. The number of anilines is 1. The van der Waals surface area contributed by atoms with Gasteiger partial charge in [-0.2, -0.15) is 10.2 Å². The molecule has 0 radical (unpaired) electrons. The van der Waals surface area contributed by atoms with Crippen molar-refractivity contribution in [1.29, 1.82) is 0 Å². The van der Waals surface area contributed by atoms with E-state index in [1.165, 1.54) is 0 Å². The fourth-order valence-electron chi connectivity index (χ4n) is 3.95. The highest BCUT2D eigenvalue weighted by Gasteiger charge is 2.27. The zero-order chi connectivity index (χ0) is 22.1. The third-order valence-corrected chi connectivity index (χ3v) is 5.62. The van der Waals surface area contributed by atoms with E-state index in [-0.39, 0.29) is 11.8 Å². The Labute approximate surface area is 184 Å². The van der Waals surface area contributed by atoms with Crippen molar-refractivity contribution in [2.75, 3.05) is 19.0 Å². The van der Waals surface area contributed by atoms with Gasteiger partial charge in [0.15, 0.2) is 0 Å². The van der Waals surface area contributed by atoms with Crippen LogP contribution in [0.25, 0.3) is 5.52 Å². The maximum atomic E-state index is 13.3. The topological polar surface area (TPSA) is 93.8 Å². The molecule has 0 unspecified atom stereocenters. The van der Waals surface area contributed by atoms with Crippen molar-refractivity contribution in [3.05, 3.63) is 77.9 Å². The number of pyridine rings is 1. The number of carbonyl (C=O) groups is 2. The predicted octanol–water partition coefficient (Wildman–Crippen LogP) is 2.84. The molecule has 162 valence electrons. The van der Waals surface area contributed by atoms with Crippen LogP contribution in [0.5, 0.6) is 5.75 Å². The number of ether oxygens (including phenoxy) is 1. The monoisotopic (exact) mass is 430 g/mol. The Morgan fingerprint density at radius 1 is 1.00 bits per heavy atom. The Hall–Kier alpha value is -4.14. The second-order valence-electron chi connectivity index (χ2n) is 7.58. The fraction of sp³-hybridized carbons (Fsp3) is 0.217. The first-order valence-electron chi connectivity index (χ1n) is 10.4. The van der Waals surface area contributed by atoms with Gasteiger partial charge in [-0.25, -0.2) is 4.52 Å². The first-order valence-corrected chi connectivity index (χ1v) is 10.4. The second-order valence-corrected chi connectivity index (χ2v) is 7.58. The summed E-state index contributed by atoms with van der Waals surface area (Å²) in [6, 6.07) is 12.7. The molecule has 4 aromatic rings. The number of carbonyl (C=O) groups excluding carboxylic acids is 2. The molecule has 1 aromatic carbocycles. The van der Waals surface area contributed by atoms with Crippen LogP contribution in [0.15, 0.2) is 61.1 Å². The molecule has 0 saturated carbocycles. The van der Waals surface area contributed by atoms with Crippen molar-refractivity contribution in [2.45, 2.75) is 19.5 Å². The molecule has 5 rings (SSSR count). The van der Waals surface area contributed by atoms with Gasteiger partial charge in [0.25, 0.3) is 11.8 Å². The average Bonchev–Trinajstić information content (AvgIpc) is 3.37. The highest BCUT2D eigenvalue weighted by Crippen LogP contribution is 2.22. The maximum absolute atomic E-state index is 13.3. The van der Waals surface area contributed by atoms with Crippen LogP contribution in [-0.2, 0) is 13.1 Å². The molecule has 2 amide bonds. The Balaban J connectivity index is 1.39.